The maximum Gasteiger partial charge on any atom is 2.00 e. The van der Waals surface area contributed by atoms with E-state index in [1.165, 1.54) is 12.1 Å². The molecule has 0 aromatic carbocycles. The van der Waals surface area contributed by atoms with E-state index >= 15 is 0 Å². The fourth-order valence-electron chi connectivity index (χ4n) is 1.44. The quantitative estimate of drug-likeness (QED) is 0.354. The summed E-state index contributed by atoms with van der Waals surface area (Å²) in [7, 11) is 0. The van der Waals surface area contributed by atoms with Gasteiger partial charge in [0.2, 0.25) is 0 Å². The fraction of sp³-hybridized carbons (Fsp3) is 0.615. The Balaban J connectivity index is -0.0000000894. The molecule has 0 spiro atoms. The van der Waals surface area contributed by atoms with E-state index in [1.807, 2.05) is 0 Å². The van der Waals surface area contributed by atoms with E-state index in [1.54, 1.807) is 6.92 Å². The summed E-state index contributed by atoms with van der Waals surface area (Å²) in [4.78, 5) is 2.45. The summed E-state index contributed by atoms with van der Waals surface area (Å²) in [6.07, 6.45) is 9.90. The third-order valence-corrected chi connectivity index (χ3v) is 2.36. The Morgan fingerprint density at radius 1 is 1.17 bits per heavy atom. The zero-order chi connectivity index (χ0) is 10.8. The number of halogens is 3. The maximum atomic E-state index is 3.34. The Morgan fingerprint density at radius 2 is 1.67 bits per heavy atom. The Hall–Kier alpha value is 1.02. The minimum Gasteiger partial charge on any atom is -1.00 e. The van der Waals surface area contributed by atoms with Crippen molar-refractivity contribution in [1.82, 2.24) is 4.90 Å². The summed E-state index contributed by atoms with van der Waals surface area (Å²) in [6, 6.07) is 0. The number of allylic oxidation sites excluding steroid dienone is 3. The van der Waals surface area contributed by atoms with E-state index in [0.29, 0.717) is 0 Å². The number of rotatable bonds is 5. The molecular weight excluding hydrogens is 324 g/mol. The van der Waals surface area contributed by atoms with Crippen molar-refractivity contribution >= 4 is 0 Å². The van der Waals surface area contributed by atoms with Crippen LogP contribution in [0.25, 0.3) is 0 Å². The molecule has 0 heterocycles. The first kappa shape index (κ1) is 31.4. The van der Waals surface area contributed by atoms with E-state index in [-0.39, 0.29) is 58.9 Å². The zero-order valence-electron chi connectivity index (χ0n) is 11.5. The van der Waals surface area contributed by atoms with E-state index < -0.39 is 0 Å². The van der Waals surface area contributed by atoms with Gasteiger partial charge in [0.15, 0.2) is 0 Å². The molecule has 0 aromatic heterocycles. The summed E-state index contributed by atoms with van der Waals surface area (Å²) in [5.41, 5.74) is 1.39. The largest absolute Gasteiger partial charge is 2.00 e. The fourth-order valence-corrected chi connectivity index (χ4v) is 1.44. The van der Waals surface area contributed by atoms with Gasteiger partial charge in [-0.1, -0.05) is 13.8 Å². The van der Waals surface area contributed by atoms with Crippen LogP contribution in [0.15, 0.2) is 17.7 Å². The molecule has 0 saturated carbocycles. The molecule has 0 aliphatic heterocycles. The molecule has 0 atom stereocenters. The van der Waals surface area contributed by atoms with Crippen LogP contribution in [-0.2, 0) is 21.7 Å². The number of hydrogen-bond acceptors (Lipinski definition) is 1. The van der Waals surface area contributed by atoms with Crippen molar-refractivity contribution in [3.8, 4) is 0 Å². The van der Waals surface area contributed by atoms with E-state index in [9.17, 15) is 0 Å². The first-order chi connectivity index (χ1) is 6.86. The van der Waals surface area contributed by atoms with Crippen molar-refractivity contribution in [2.45, 2.75) is 33.6 Å². The number of nitrogens with zero attached hydrogens (tertiary/aromatic N) is 1. The van der Waals surface area contributed by atoms with Gasteiger partial charge in [0.25, 0.3) is 0 Å². The monoisotopic (exact) mass is 346 g/mol. The van der Waals surface area contributed by atoms with Crippen molar-refractivity contribution in [2.75, 3.05) is 19.6 Å². The van der Waals surface area contributed by atoms with Crippen LogP contribution in [0, 0.1) is 13.0 Å². The summed E-state index contributed by atoms with van der Waals surface area (Å²) in [6.45, 7) is 12.9. The Morgan fingerprint density at radius 3 is 2.00 bits per heavy atom. The Bertz CT molecular complexity index is 193. The van der Waals surface area contributed by atoms with Crippen LogP contribution < -0.4 is 37.2 Å². The first-order valence-electron chi connectivity index (χ1n) is 5.56. The molecule has 108 valence electrons. The third-order valence-electron chi connectivity index (χ3n) is 2.36. The molecule has 1 rings (SSSR count). The molecule has 0 saturated heterocycles. The van der Waals surface area contributed by atoms with Crippen LogP contribution in [0.5, 0.6) is 0 Å². The minimum absolute atomic E-state index is 0. The molecule has 0 aromatic rings. The molecule has 0 unspecified atom stereocenters. The molecular formula is C13H23Cl3NTi-3. The van der Waals surface area contributed by atoms with Gasteiger partial charge in [0, 0.05) is 0 Å². The summed E-state index contributed by atoms with van der Waals surface area (Å²) >= 11 is 0. The molecule has 1 aliphatic carbocycles. The minimum atomic E-state index is 0. The van der Waals surface area contributed by atoms with Crippen LogP contribution >= 0.6 is 0 Å². The Labute approximate surface area is 147 Å². The van der Waals surface area contributed by atoms with E-state index in [0.717, 1.165) is 25.9 Å². The standard InChI is InChI=1S/C11H18N.C2H5.3ClH.Ti/c1-3-12(4-2)10-9-11-7-5-6-8-11;1-2;;;;/h5,7H,3-4,6,9-10H2,1-2H3;1H2,2H3;3*1H;/q2*-1;;;;+2/p-3. The van der Waals surface area contributed by atoms with Gasteiger partial charge in [0.05, 0.1) is 0 Å². The van der Waals surface area contributed by atoms with Crippen molar-refractivity contribution < 1.29 is 58.9 Å². The van der Waals surface area contributed by atoms with Crippen LogP contribution in [0.4, 0.5) is 0 Å². The van der Waals surface area contributed by atoms with Gasteiger partial charge in [-0.05, 0) is 26.1 Å². The van der Waals surface area contributed by atoms with Gasteiger partial charge < -0.3 is 49.0 Å². The summed E-state index contributed by atoms with van der Waals surface area (Å²) in [5, 5.41) is 0. The topological polar surface area (TPSA) is 3.24 Å². The first-order valence-corrected chi connectivity index (χ1v) is 5.56. The smallest absolute Gasteiger partial charge is 1.00 e. The second kappa shape index (κ2) is 23.1. The molecule has 0 radical (unpaired) electrons. The molecule has 0 N–H and O–H groups in total. The average molecular weight is 348 g/mol. The van der Waals surface area contributed by atoms with Crippen LogP contribution in [0.3, 0.4) is 0 Å². The van der Waals surface area contributed by atoms with Gasteiger partial charge in [-0.3, -0.25) is 6.08 Å². The predicted molar refractivity (Wildman–Crippen MR) is 63.9 cm³/mol. The molecule has 5 heteroatoms. The van der Waals surface area contributed by atoms with Crippen molar-refractivity contribution in [3.63, 3.8) is 0 Å². The van der Waals surface area contributed by atoms with Crippen molar-refractivity contribution in [3.05, 3.63) is 30.7 Å². The van der Waals surface area contributed by atoms with Crippen molar-refractivity contribution in [1.29, 1.82) is 0 Å². The van der Waals surface area contributed by atoms with Crippen LogP contribution in [-0.4, -0.2) is 24.5 Å². The number of hydrogen-bond donors (Lipinski definition) is 0. The van der Waals surface area contributed by atoms with E-state index in [4.69, 9.17) is 0 Å². The maximum absolute atomic E-state index is 3.34. The SMILES string of the molecule is CCN(CC)CCC1=[C-]CC=C1.[CH2-]C.[Cl-].[Cl-].[Cl-].[Ti+2]. The van der Waals surface area contributed by atoms with Gasteiger partial charge in [-0.15, -0.1) is 6.42 Å². The summed E-state index contributed by atoms with van der Waals surface area (Å²) in [5.74, 6) is 0. The van der Waals surface area contributed by atoms with Crippen LogP contribution in [0.2, 0.25) is 0 Å². The Kier molecular flexibility index (Phi) is 40.4. The van der Waals surface area contributed by atoms with Gasteiger partial charge in [-0.25, -0.2) is 11.6 Å². The molecule has 0 amide bonds. The van der Waals surface area contributed by atoms with Gasteiger partial charge in [0.1, 0.15) is 0 Å². The molecule has 0 fully saturated rings. The average Bonchev–Trinajstić information content (AvgIpc) is 2.75. The second-order valence-corrected chi connectivity index (χ2v) is 3.09. The second-order valence-electron chi connectivity index (χ2n) is 3.09. The summed E-state index contributed by atoms with van der Waals surface area (Å²) < 4.78 is 0. The molecule has 1 nitrogen and oxygen atoms in total. The van der Waals surface area contributed by atoms with E-state index in [2.05, 4.69) is 43.9 Å². The van der Waals surface area contributed by atoms with Gasteiger partial charge in [-0.2, -0.15) is 13.0 Å². The van der Waals surface area contributed by atoms with Crippen LogP contribution in [0.1, 0.15) is 33.6 Å². The van der Waals surface area contributed by atoms with Crippen molar-refractivity contribution in [2.24, 2.45) is 0 Å². The molecule has 0 bridgehead atoms. The predicted octanol–water partition coefficient (Wildman–Crippen LogP) is -5.74. The zero-order valence-corrected chi connectivity index (χ0v) is 15.3. The molecule has 18 heavy (non-hydrogen) atoms. The molecule has 1 aliphatic rings. The van der Waals surface area contributed by atoms with Gasteiger partial charge >= 0.3 is 21.7 Å². The third kappa shape index (κ3) is 15.1. The normalized spacial score (nSPS) is 10.8.